The van der Waals surface area contributed by atoms with E-state index in [4.69, 9.17) is 10.1 Å². The van der Waals surface area contributed by atoms with E-state index < -0.39 is 38.3 Å². The van der Waals surface area contributed by atoms with Crippen LogP contribution in [0.15, 0.2) is 42.1 Å². The summed E-state index contributed by atoms with van der Waals surface area (Å²) in [7, 11) is -1.22. The first-order valence-electron chi connectivity index (χ1n) is 12.2. The molecule has 2 saturated heterocycles. The minimum Gasteiger partial charge on any atom is -0.375 e. The summed E-state index contributed by atoms with van der Waals surface area (Å²) in [5.74, 6) is -1.96. The molecule has 4 rings (SSSR count). The molecule has 9 nitrogen and oxygen atoms in total. The molecule has 3 N–H and O–H groups in total. The van der Waals surface area contributed by atoms with E-state index in [1.165, 1.54) is 14.2 Å². The molecule has 0 aromatic heterocycles. The molecule has 1 aromatic rings. The van der Waals surface area contributed by atoms with Crippen LogP contribution in [-0.2, 0) is 26.1 Å². The highest BCUT2D eigenvalue weighted by Crippen LogP contribution is 2.51. The average Bonchev–Trinajstić information content (AvgIpc) is 3.26. The fourth-order valence-corrected chi connectivity index (χ4v) is 8.39. The number of carbonyl (C=O) groups is 1. The van der Waals surface area contributed by atoms with Gasteiger partial charge >= 0.3 is 0 Å². The monoisotopic (exact) mass is 521 g/mol. The SMILES string of the molecule is COCC(=O)NC1=CC(C)C(F)C([C@@]2(C)NC(=N)N(C)S(=O)(=O)[C@@]23CCN(Cc2ccccc2)C3)C1. The Bertz CT molecular complexity index is 1150. The van der Waals surface area contributed by atoms with Gasteiger partial charge in [-0.05, 0) is 25.3 Å². The number of hydrogen-bond acceptors (Lipinski definition) is 6. The first kappa shape index (κ1) is 26.6. The molecule has 198 valence electrons. The van der Waals surface area contributed by atoms with E-state index in [0.29, 0.717) is 25.2 Å². The molecule has 0 saturated carbocycles. The van der Waals surface area contributed by atoms with E-state index in [9.17, 15) is 13.2 Å². The Hall–Kier alpha value is -2.50. The maximum Gasteiger partial charge on any atom is 0.250 e. The van der Waals surface area contributed by atoms with Crippen LogP contribution < -0.4 is 10.6 Å². The number of likely N-dealkylation sites (tertiary alicyclic amines) is 1. The second kappa shape index (κ2) is 9.75. The topological polar surface area (TPSA) is 115 Å². The van der Waals surface area contributed by atoms with Crippen molar-refractivity contribution in [2.75, 3.05) is 33.9 Å². The standard InChI is InChI=1S/C25H36FN5O4S/c1-17-12-19(28-21(32)15-35-4)13-20(22(17)26)24(2)25(36(33,34)30(3)23(27)29-24)10-11-31(16-25)14-18-8-6-5-7-9-18/h5-9,12,17,20,22H,10-11,13-16H2,1-4H3,(H2,27,29)(H,28,32)/t17?,20?,22?,24-,25-/m1/s1. The Morgan fingerprint density at radius 3 is 2.69 bits per heavy atom. The summed E-state index contributed by atoms with van der Waals surface area (Å²) in [6.45, 7) is 4.64. The highest BCUT2D eigenvalue weighted by atomic mass is 32.2. The second-order valence-electron chi connectivity index (χ2n) is 10.4. The van der Waals surface area contributed by atoms with Crippen LogP contribution in [-0.4, -0.2) is 79.8 Å². The zero-order valence-electron chi connectivity index (χ0n) is 21.3. The third-order valence-electron chi connectivity index (χ3n) is 8.16. The van der Waals surface area contributed by atoms with E-state index >= 15 is 4.39 Å². The number of nitrogens with one attached hydrogen (secondary N) is 3. The molecule has 1 aliphatic carbocycles. The molecule has 1 spiro atoms. The average molecular weight is 522 g/mol. The Balaban J connectivity index is 1.72. The largest absolute Gasteiger partial charge is 0.375 e. The third-order valence-corrected chi connectivity index (χ3v) is 10.8. The molecule has 2 aliphatic heterocycles. The van der Waals surface area contributed by atoms with Crippen molar-refractivity contribution in [1.29, 1.82) is 5.41 Å². The van der Waals surface area contributed by atoms with Crippen LogP contribution in [0.3, 0.4) is 0 Å². The third kappa shape index (κ3) is 4.31. The number of carbonyl (C=O) groups excluding carboxylic acids is 1. The molecule has 0 radical (unpaired) electrons. The minimum absolute atomic E-state index is 0.132. The van der Waals surface area contributed by atoms with Crippen molar-refractivity contribution in [1.82, 2.24) is 19.8 Å². The van der Waals surface area contributed by atoms with Crippen LogP contribution in [0.25, 0.3) is 0 Å². The predicted octanol–water partition coefficient (Wildman–Crippen LogP) is 1.83. The number of halogens is 1. The molecule has 0 bridgehead atoms. The highest BCUT2D eigenvalue weighted by molar-refractivity contribution is 7.91. The number of rotatable bonds is 6. The van der Waals surface area contributed by atoms with Gasteiger partial charge in [0.25, 0.3) is 0 Å². The van der Waals surface area contributed by atoms with Crippen LogP contribution in [0.5, 0.6) is 0 Å². The summed E-state index contributed by atoms with van der Waals surface area (Å²) >= 11 is 0. The smallest absolute Gasteiger partial charge is 0.250 e. The molecule has 2 fully saturated rings. The molecule has 1 aromatic carbocycles. The summed E-state index contributed by atoms with van der Waals surface area (Å²) in [5, 5.41) is 14.4. The number of sulfonamides is 1. The summed E-state index contributed by atoms with van der Waals surface area (Å²) in [6, 6.07) is 9.83. The van der Waals surface area contributed by atoms with Gasteiger partial charge in [-0.3, -0.25) is 15.1 Å². The van der Waals surface area contributed by atoms with Gasteiger partial charge in [0.05, 0.1) is 5.54 Å². The predicted molar refractivity (Wildman–Crippen MR) is 135 cm³/mol. The van der Waals surface area contributed by atoms with Gasteiger partial charge in [0.1, 0.15) is 17.5 Å². The number of amides is 1. The van der Waals surface area contributed by atoms with Gasteiger partial charge in [-0.2, -0.15) is 0 Å². The summed E-state index contributed by atoms with van der Waals surface area (Å²) in [5.41, 5.74) is 0.322. The van der Waals surface area contributed by atoms with Gasteiger partial charge in [0.2, 0.25) is 21.9 Å². The normalized spacial score (nSPS) is 34.4. The fraction of sp³-hybridized carbons (Fsp3) is 0.600. The van der Waals surface area contributed by atoms with E-state index in [0.717, 1.165) is 9.87 Å². The van der Waals surface area contributed by atoms with Crippen molar-refractivity contribution in [2.45, 2.75) is 49.7 Å². The number of hydrogen-bond donors (Lipinski definition) is 3. The number of ether oxygens (including phenoxy) is 1. The van der Waals surface area contributed by atoms with Crippen LogP contribution in [0, 0.1) is 17.2 Å². The maximum atomic E-state index is 16.0. The number of guanidine groups is 1. The van der Waals surface area contributed by atoms with Crippen molar-refractivity contribution in [3.8, 4) is 0 Å². The maximum absolute atomic E-state index is 16.0. The van der Waals surface area contributed by atoms with Crippen molar-refractivity contribution < 1.29 is 22.3 Å². The molecule has 2 heterocycles. The van der Waals surface area contributed by atoms with E-state index in [1.54, 1.807) is 19.9 Å². The lowest BCUT2D eigenvalue weighted by molar-refractivity contribution is -0.124. The molecule has 5 atom stereocenters. The molecule has 1 amide bonds. The zero-order valence-corrected chi connectivity index (χ0v) is 22.1. The van der Waals surface area contributed by atoms with Gasteiger partial charge in [-0.1, -0.05) is 43.3 Å². The Morgan fingerprint density at radius 1 is 1.33 bits per heavy atom. The van der Waals surface area contributed by atoms with Crippen molar-refractivity contribution in [2.24, 2.45) is 11.8 Å². The fourth-order valence-electron chi connectivity index (χ4n) is 6.14. The number of alkyl halides is 1. The van der Waals surface area contributed by atoms with Crippen LogP contribution in [0.2, 0.25) is 0 Å². The lowest BCUT2D eigenvalue weighted by atomic mass is 9.66. The first-order valence-corrected chi connectivity index (χ1v) is 13.6. The van der Waals surface area contributed by atoms with Crippen molar-refractivity contribution in [3.05, 3.63) is 47.7 Å². The van der Waals surface area contributed by atoms with Gasteiger partial charge in [-0.15, -0.1) is 0 Å². The van der Waals surface area contributed by atoms with Gasteiger partial charge in [0, 0.05) is 51.3 Å². The summed E-state index contributed by atoms with van der Waals surface area (Å²) in [4.78, 5) is 14.3. The van der Waals surface area contributed by atoms with Crippen molar-refractivity contribution in [3.63, 3.8) is 0 Å². The molecule has 11 heteroatoms. The van der Waals surface area contributed by atoms with Crippen LogP contribution in [0.1, 0.15) is 32.3 Å². The van der Waals surface area contributed by atoms with E-state index in [2.05, 4.69) is 15.5 Å². The van der Waals surface area contributed by atoms with Crippen LogP contribution >= 0.6 is 0 Å². The van der Waals surface area contributed by atoms with Gasteiger partial charge in [-0.25, -0.2) is 17.1 Å². The summed E-state index contributed by atoms with van der Waals surface area (Å²) in [6.07, 6.45) is 0.764. The van der Waals surface area contributed by atoms with Gasteiger partial charge < -0.3 is 15.4 Å². The van der Waals surface area contributed by atoms with Crippen LogP contribution in [0.4, 0.5) is 4.39 Å². The highest BCUT2D eigenvalue weighted by Gasteiger charge is 2.68. The number of methoxy groups -OCH3 is 1. The lowest BCUT2D eigenvalue weighted by Crippen LogP contribution is -2.79. The summed E-state index contributed by atoms with van der Waals surface area (Å²) < 4.78 is 48.6. The molecule has 3 aliphatic rings. The molecular weight excluding hydrogens is 485 g/mol. The molecular formula is C25H36FN5O4S. The Kier molecular flexibility index (Phi) is 7.20. The van der Waals surface area contributed by atoms with Gasteiger partial charge in [0.15, 0.2) is 0 Å². The number of nitrogens with zero attached hydrogens (tertiary/aromatic N) is 2. The lowest BCUT2D eigenvalue weighted by Gasteiger charge is -2.57. The zero-order chi connectivity index (χ0) is 26.3. The molecule has 36 heavy (non-hydrogen) atoms. The molecule has 3 unspecified atom stereocenters. The van der Waals surface area contributed by atoms with Crippen molar-refractivity contribution >= 4 is 21.9 Å². The number of allylic oxidation sites excluding steroid dienone is 2. The van der Waals surface area contributed by atoms with E-state index in [-0.39, 0.29) is 31.4 Å². The number of benzene rings is 1. The quantitative estimate of drug-likeness (QED) is 0.526. The van der Waals surface area contributed by atoms with E-state index in [1.807, 2.05) is 30.3 Å². The minimum atomic E-state index is -4.01. The Labute approximate surface area is 212 Å². The Morgan fingerprint density at radius 2 is 2.03 bits per heavy atom. The first-order chi connectivity index (χ1) is 16.9. The second-order valence-corrected chi connectivity index (χ2v) is 12.7.